The highest BCUT2D eigenvalue weighted by Crippen LogP contribution is 2.22. The van der Waals surface area contributed by atoms with Crippen LogP contribution in [-0.4, -0.2) is 47.1 Å². The van der Waals surface area contributed by atoms with Crippen molar-refractivity contribution in [2.24, 2.45) is 0 Å². The maximum absolute atomic E-state index is 11.8. The minimum Gasteiger partial charge on any atom is -0.393 e. The zero-order valence-corrected chi connectivity index (χ0v) is 12.3. The van der Waals surface area contributed by atoms with Crippen molar-refractivity contribution in [1.29, 1.82) is 0 Å². The van der Waals surface area contributed by atoms with Crippen LogP contribution in [0.15, 0.2) is 24.3 Å². The van der Waals surface area contributed by atoms with Crippen molar-refractivity contribution in [3.63, 3.8) is 0 Å². The van der Waals surface area contributed by atoms with Crippen molar-refractivity contribution in [1.82, 2.24) is 4.90 Å². The lowest BCUT2D eigenvalue weighted by molar-refractivity contribution is -0.384. The molecule has 116 valence electrons. The molecule has 1 amide bonds. The number of amides is 1. The van der Waals surface area contributed by atoms with Crippen LogP contribution in [0.4, 0.5) is 11.4 Å². The molecule has 0 aliphatic heterocycles. The molecule has 0 fully saturated rings. The predicted octanol–water partition coefficient (Wildman–Crippen LogP) is 1.63. The first-order valence-corrected chi connectivity index (χ1v) is 6.81. The lowest BCUT2D eigenvalue weighted by Crippen LogP contribution is -2.30. The summed E-state index contributed by atoms with van der Waals surface area (Å²) in [4.78, 5) is 23.8. The molecule has 0 aliphatic carbocycles. The highest BCUT2D eigenvalue weighted by molar-refractivity contribution is 5.76. The third-order valence-electron chi connectivity index (χ3n) is 3.06. The number of nitro benzene ring substituents is 1. The lowest BCUT2D eigenvalue weighted by Gasteiger charge is -2.18. The van der Waals surface area contributed by atoms with Crippen LogP contribution in [-0.2, 0) is 4.79 Å². The Morgan fingerprint density at radius 2 is 2.14 bits per heavy atom. The number of anilines is 1. The first kappa shape index (κ1) is 16.9. The molecule has 0 bridgehead atoms. The van der Waals surface area contributed by atoms with Crippen molar-refractivity contribution in [3.8, 4) is 0 Å². The second-order valence-corrected chi connectivity index (χ2v) is 4.90. The van der Waals surface area contributed by atoms with Crippen molar-refractivity contribution in [2.45, 2.75) is 25.9 Å². The fourth-order valence-corrected chi connectivity index (χ4v) is 1.78. The number of rotatable bonds is 8. The van der Waals surface area contributed by atoms with Crippen LogP contribution in [0, 0.1) is 10.1 Å². The van der Waals surface area contributed by atoms with Gasteiger partial charge >= 0.3 is 0 Å². The molecule has 1 aromatic rings. The van der Waals surface area contributed by atoms with Gasteiger partial charge in [0.25, 0.3) is 5.69 Å². The second kappa shape index (κ2) is 8.21. The molecule has 2 N–H and O–H groups in total. The average molecular weight is 295 g/mol. The molecular weight excluding hydrogens is 274 g/mol. The normalized spacial score (nSPS) is 11.8. The monoisotopic (exact) mass is 295 g/mol. The molecule has 21 heavy (non-hydrogen) atoms. The number of aliphatic hydroxyl groups is 1. The molecule has 1 aromatic carbocycles. The molecule has 1 unspecified atom stereocenters. The Balaban J connectivity index is 2.43. The number of hydrogen-bond donors (Lipinski definition) is 2. The zero-order valence-electron chi connectivity index (χ0n) is 12.3. The van der Waals surface area contributed by atoms with Gasteiger partial charge in [-0.05, 0) is 19.4 Å². The highest BCUT2D eigenvalue weighted by Gasteiger charge is 2.13. The molecule has 1 rings (SSSR count). The highest BCUT2D eigenvalue weighted by atomic mass is 16.6. The maximum Gasteiger partial charge on any atom is 0.292 e. The van der Waals surface area contributed by atoms with E-state index in [2.05, 4.69) is 5.32 Å². The Labute approximate surface area is 123 Å². The minimum absolute atomic E-state index is 0.00703. The van der Waals surface area contributed by atoms with E-state index in [0.717, 1.165) is 0 Å². The summed E-state index contributed by atoms with van der Waals surface area (Å²) in [5.41, 5.74) is 0.398. The van der Waals surface area contributed by atoms with Gasteiger partial charge in [0.2, 0.25) is 5.91 Å². The Hall–Kier alpha value is -2.15. The van der Waals surface area contributed by atoms with Crippen LogP contribution in [0.1, 0.15) is 19.8 Å². The number of nitrogens with one attached hydrogen (secondary N) is 1. The van der Waals surface area contributed by atoms with Crippen molar-refractivity contribution >= 4 is 17.3 Å². The van der Waals surface area contributed by atoms with Gasteiger partial charge in [-0.1, -0.05) is 12.1 Å². The minimum atomic E-state index is -0.459. The van der Waals surface area contributed by atoms with Gasteiger partial charge in [0.15, 0.2) is 0 Å². The Morgan fingerprint density at radius 3 is 2.76 bits per heavy atom. The molecule has 0 radical (unpaired) electrons. The predicted molar refractivity (Wildman–Crippen MR) is 80.1 cm³/mol. The van der Waals surface area contributed by atoms with Gasteiger partial charge in [-0.2, -0.15) is 0 Å². The van der Waals surface area contributed by atoms with Crippen LogP contribution < -0.4 is 5.32 Å². The van der Waals surface area contributed by atoms with Gasteiger partial charge in [0.05, 0.1) is 11.0 Å². The van der Waals surface area contributed by atoms with Gasteiger partial charge in [0, 0.05) is 32.6 Å². The molecular formula is C14H21N3O4. The largest absolute Gasteiger partial charge is 0.393 e. The number of aliphatic hydroxyl groups excluding tert-OH is 1. The van der Waals surface area contributed by atoms with E-state index in [1.807, 2.05) is 0 Å². The molecule has 0 aromatic heterocycles. The summed E-state index contributed by atoms with van der Waals surface area (Å²) in [5, 5.41) is 22.9. The lowest BCUT2D eigenvalue weighted by atomic mass is 10.2. The van der Waals surface area contributed by atoms with Gasteiger partial charge in [0.1, 0.15) is 5.69 Å². The van der Waals surface area contributed by atoms with Gasteiger partial charge < -0.3 is 15.3 Å². The van der Waals surface area contributed by atoms with Gasteiger partial charge in [-0.25, -0.2) is 0 Å². The zero-order chi connectivity index (χ0) is 15.8. The fraction of sp³-hybridized carbons (Fsp3) is 0.500. The Morgan fingerprint density at radius 1 is 1.48 bits per heavy atom. The van der Waals surface area contributed by atoms with Crippen LogP contribution in [0.25, 0.3) is 0 Å². The molecule has 7 heteroatoms. The quantitative estimate of drug-likeness (QED) is 0.561. The van der Waals surface area contributed by atoms with Crippen molar-refractivity contribution in [3.05, 3.63) is 34.4 Å². The van der Waals surface area contributed by atoms with Gasteiger partial charge in [-0.15, -0.1) is 0 Å². The standard InChI is InChI=1S/C14H21N3O4/c1-11(18)8-10-16(2)14(19)7-9-15-12-5-3-4-6-13(12)17(20)21/h3-6,11,15,18H,7-10H2,1-2H3. The van der Waals surface area contributed by atoms with E-state index < -0.39 is 11.0 Å². The molecule has 0 aliphatic rings. The van der Waals surface area contributed by atoms with E-state index in [9.17, 15) is 20.0 Å². The molecule has 0 saturated heterocycles. The van der Waals surface area contributed by atoms with Crippen molar-refractivity contribution < 1.29 is 14.8 Å². The smallest absolute Gasteiger partial charge is 0.292 e. The number of nitro groups is 1. The molecule has 0 spiro atoms. The number of para-hydroxylation sites is 2. The van der Waals surface area contributed by atoms with Crippen LogP contribution in [0.5, 0.6) is 0 Å². The molecule has 7 nitrogen and oxygen atoms in total. The van der Waals surface area contributed by atoms with Gasteiger partial charge in [-0.3, -0.25) is 14.9 Å². The Kier molecular flexibility index (Phi) is 6.61. The summed E-state index contributed by atoms with van der Waals surface area (Å²) in [5.74, 6) is -0.0678. The summed E-state index contributed by atoms with van der Waals surface area (Å²) >= 11 is 0. The number of nitrogens with zero attached hydrogens (tertiary/aromatic N) is 2. The third-order valence-corrected chi connectivity index (χ3v) is 3.06. The average Bonchev–Trinajstić information content (AvgIpc) is 2.44. The number of carbonyl (C=O) groups excluding carboxylic acids is 1. The number of benzene rings is 1. The summed E-state index contributed by atoms with van der Waals surface area (Å²) < 4.78 is 0. The number of carbonyl (C=O) groups is 1. The molecule has 0 heterocycles. The van der Waals surface area contributed by atoms with E-state index in [-0.39, 0.29) is 18.0 Å². The van der Waals surface area contributed by atoms with Crippen LogP contribution in [0.2, 0.25) is 0 Å². The molecule has 1 atom stereocenters. The van der Waals surface area contributed by atoms with E-state index >= 15 is 0 Å². The van der Waals surface area contributed by atoms with E-state index in [1.165, 1.54) is 6.07 Å². The van der Waals surface area contributed by atoms with Crippen LogP contribution >= 0.6 is 0 Å². The fourth-order valence-electron chi connectivity index (χ4n) is 1.78. The summed E-state index contributed by atoms with van der Waals surface area (Å²) in [7, 11) is 1.68. The Bertz CT molecular complexity index is 491. The second-order valence-electron chi connectivity index (χ2n) is 4.90. The summed E-state index contributed by atoms with van der Waals surface area (Å²) in [6.45, 7) is 2.49. The maximum atomic E-state index is 11.8. The summed E-state index contributed by atoms with van der Waals surface area (Å²) in [6.07, 6.45) is 0.327. The topological polar surface area (TPSA) is 95.7 Å². The number of hydrogen-bond acceptors (Lipinski definition) is 5. The SMILES string of the molecule is CC(O)CCN(C)C(=O)CCNc1ccccc1[N+](=O)[O-]. The third kappa shape index (κ3) is 5.78. The summed E-state index contributed by atoms with van der Waals surface area (Å²) in [6, 6.07) is 6.32. The first-order valence-electron chi connectivity index (χ1n) is 6.81. The first-order chi connectivity index (χ1) is 9.91. The van der Waals surface area contributed by atoms with Crippen molar-refractivity contribution in [2.75, 3.05) is 25.5 Å². The molecule has 0 saturated carbocycles. The van der Waals surface area contributed by atoms with E-state index in [0.29, 0.717) is 25.2 Å². The van der Waals surface area contributed by atoms with Crippen LogP contribution in [0.3, 0.4) is 0 Å². The van der Waals surface area contributed by atoms with E-state index in [1.54, 1.807) is 37.1 Å². The van der Waals surface area contributed by atoms with E-state index in [4.69, 9.17) is 0 Å².